The molecule has 0 aliphatic heterocycles. The van der Waals surface area contributed by atoms with Gasteiger partial charge in [-0.05, 0) is 47.0 Å². The molecule has 1 aromatic rings. The van der Waals surface area contributed by atoms with Gasteiger partial charge in [-0.15, -0.1) is 0 Å². The summed E-state index contributed by atoms with van der Waals surface area (Å²) in [6.45, 7) is 1.92. The number of nitrogens with zero attached hydrogens (tertiary/aromatic N) is 1. The Balaban J connectivity index is 3.18. The minimum atomic E-state index is 0.0478. The van der Waals surface area contributed by atoms with Crippen LogP contribution in [0.1, 0.15) is 18.1 Å². The molecule has 0 fully saturated rings. The first-order chi connectivity index (χ1) is 7.08. The van der Waals surface area contributed by atoms with Crippen LogP contribution in [0.15, 0.2) is 16.6 Å². The lowest BCUT2D eigenvalue weighted by molar-refractivity contribution is 0.408. The van der Waals surface area contributed by atoms with Crippen LogP contribution < -0.4 is 10.5 Å². The SMILES string of the molecule is COc1cc(Br)c(C#N)cc1CC(C)N. The van der Waals surface area contributed by atoms with Gasteiger partial charge in [0.25, 0.3) is 0 Å². The van der Waals surface area contributed by atoms with Crippen molar-refractivity contribution in [2.75, 3.05) is 7.11 Å². The van der Waals surface area contributed by atoms with Crippen LogP contribution in [0.3, 0.4) is 0 Å². The fourth-order valence-electron chi connectivity index (χ4n) is 1.38. The molecule has 80 valence electrons. The van der Waals surface area contributed by atoms with Gasteiger partial charge in [0.1, 0.15) is 11.8 Å². The second kappa shape index (κ2) is 5.15. The quantitative estimate of drug-likeness (QED) is 0.915. The molecule has 0 amide bonds. The Morgan fingerprint density at radius 2 is 2.27 bits per heavy atom. The van der Waals surface area contributed by atoms with E-state index in [0.717, 1.165) is 15.8 Å². The molecule has 0 bridgehead atoms. The summed E-state index contributed by atoms with van der Waals surface area (Å²) in [4.78, 5) is 0. The summed E-state index contributed by atoms with van der Waals surface area (Å²) < 4.78 is 5.98. The fraction of sp³-hybridized carbons (Fsp3) is 0.364. The number of rotatable bonds is 3. The normalized spacial score (nSPS) is 11.9. The minimum absolute atomic E-state index is 0.0478. The van der Waals surface area contributed by atoms with Crippen LogP contribution in [0.5, 0.6) is 5.75 Å². The molecule has 3 nitrogen and oxygen atoms in total. The van der Waals surface area contributed by atoms with Crippen LogP contribution in [0.25, 0.3) is 0 Å². The number of hydrogen-bond donors (Lipinski definition) is 1. The van der Waals surface area contributed by atoms with Crippen LogP contribution in [-0.4, -0.2) is 13.2 Å². The first-order valence-corrected chi connectivity index (χ1v) is 5.40. The van der Waals surface area contributed by atoms with Gasteiger partial charge in [0.15, 0.2) is 0 Å². The van der Waals surface area contributed by atoms with Gasteiger partial charge < -0.3 is 10.5 Å². The van der Waals surface area contributed by atoms with Crippen molar-refractivity contribution in [1.29, 1.82) is 5.26 Å². The van der Waals surface area contributed by atoms with Crippen molar-refractivity contribution in [2.24, 2.45) is 5.73 Å². The van der Waals surface area contributed by atoms with Crippen LogP contribution in [0.4, 0.5) is 0 Å². The topological polar surface area (TPSA) is 59.0 Å². The lowest BCUT2D eigenvalue weighted by Crippen LogP contribution is -2.18. The maximum absolute atomic E-state index is 8.89. The van der Waals surface area contributed by atoms with E-state index < -0.39 is 0 Å². The Morgan fingerprint density at radius 3 is 2.73 bits per heavy atom. The minimum Gasteiger partial charge on any atom is -0.496 e. The summed E-state index contributed by atoms with van der Waals surface area (Å²) in [6.07, 6.45) is 0.700. The molecule has 0 radical (unpaired) electrons. The van der Waals surface area contributed by atoms with E-state index in [-0.39, 0.29) is 6.04 Å². The third-order valence-electron chi connectivity index (χ3n) is 2.03. The predicted molar refractivity (Wildman–Crippen MR) is 62.8 cm³/mol. The van der Waals surface area contributed by atoms with Gasteiger partial charge >= 0.3 is 0 Å². The molecule has 0 aliphatic carbocycles. The van der Waals surface area contributed by atoms with Crippen LogP contribution >= 0.6 is 15.9 Å². The average molecular weight is 269 g/mol. The van der Waals surface area contributed by atoms with E-state index in [2.05, 4.69) is 22.0 Å². The van der Waals surface area contributed by atoms with E-state index in [1.165, 1.54) is 0 Å². The molecule has 0 saturated carbocycles. The van der Waals surface area contributed by atoms with Gasteiger partial charge in [0.05, 0.1) is 12.7 Å². The summed E-state index contributed by atoms with van der Waals surface area (Å²) in [5.41, 5.74) is 7.30. The number of benzene rings is 1. The fourth-order valence-corrected chi connectivity index (χ4v) is 1.79. The zero-order valence-corrected chi connectivity index (χ0v) is 10.3. The van der Waals surface area contributed by atoms with Gasteiger partial charge in [0, 0.05) is 10.5 Å². The standard InChI is InChI=1S/C11H13BrN2O/c1-7(14)3-8-4-9(6-13)10(12)5-11(8)15-2/h4-5,7H,3,14H2,1-2H3. The maximum atomic E-state index is 8.89. The third kappa shape index (κ3) is 2.95. The molecular weight excluding hydrogens is 256 g/mol. The highest BCUT2D eigenvalue weighted by Crippen LogP contribution is 2.27. The number of hydrogen-bond acceptors (Lipinski definition) is 3. The van der Waals surface area contributed by atoms with E-state index in [1.54, 1.807) is 13.2 Å². The van der Waals surface area contributed by atoms with Crippen LogP contribution in [0.2, 0.25) is 0 Å². The molecule has 2 N–H and O–H groups in total. The highest BCUT2D eigenvalue weighted by Gasteiger charge is 2.10. The van der Waals surface area contributed by atoms with Crippen molar-refractivity contribution in [3.8, 4) is 11.8 Å². The van der Waals surface area contributed by atoms with E-state index >= 15 is 0 Å². The zero-order chi connectivity index (χ0) is 11.4. The van der Waals surface area contributed by atoms with Crippen molar-refractivity contribution in [2.45, 2.75) is 19.4 Å². The first kappa shape index (κ1) is 12.0. The Labute approximate surface area is 98.0 Å². The van der Waals surface area contributed by atoms with Gasteiger partial charge in [0.2, 0.25) is 0 Å². The Morgan fingerprint density at radius 1 is 1.60 bits per heavy atom. The van der Waals surface area contributed by atoms with Crippen LogP contribution in [-0.2, 0) is 6.42 Å². The molecule has 1 rings (SSSR count). The second-order valence-electron chi connectivity index (χ2n) is 3.44. The molecule has 1 unspecified atom stereocenters. The average Bonchev–Trinajstić information content (AvgIpc) is 2.19. The monoisotopic (exact) mass is 268 g/mol. The van der Waals surface area contributed by atoms with Gasteiger partial charge in [-0.2, -0.15) is 5.26 Å². The number of halogens is 1. The van der Waals surface area contributed by atoms with Crippen molar-refractivity contribution < 1.29 is 4.74 Å². The molecule has 0 spiro atoms. The van der Waals surface area contributed by atoms with E-state index in [1.807, 2.05) is 13.0 Å². The molecule has 15 heavy (non-hydrogen) atoms. The van der Waals surface area contributed by atoms with Gasteiger partial charge in [-0.1, -0.05) is 0 Å². The van der Waals surface area contributed by atoms with E-state index in [4.69, 9.17) is 15.7 Å². The second-order valence-corrected chi connectivity index (χ2v) is 4.29. The molecule has 0 saturated heterocycles. The Bertz CT molecular complexity index is 396. The number of nitrogens with two attached hydrogens (primary N) is 1. The van der Waals surface area contributed by atoms with Gasteiger partial charge in [-0.3, -0.25) is 0 Å². The van der Waals surface area contributed by atoms with Crippen molar-refractivity contribution in [3.63, 3.8) is 0 Å². The molecule has 0 aliphatic rings. The summed E-state index contributed by atoms with van der Waals surface area (Å²) in [7, 11) is 1.61. The van der Waals surface area contributed by atoms with Crippen molar-refractivity contribution in [1.82, 2.24) is 0 Å². The molecule has 4 heteroatoms. The molecule has 0 heterocycles. The summed E-state index contributed by atoms with van der Waals surface area (Å²) in [5, 5.41) is 8.89. The predicted octanol–water partition coefficient (Wildman–Crippen LogP) is 2.22. The smallest absolute Gasteiger partial charge is 0.123 e. The number of nitriles is 1. The number of methoxy groups -OCH3 is 1. The number of ether oxygens (including phenoxy) is 1. The molecule has 1 atom stereocenters. The highest BCUT2D eigenvalue weighted by atomic mass is 79.9. The van der Waals surface area contributed by atoms with Gasteiger partial charge in [-0.25, -0.2) is 0 Å². The van der Waals surface area contributed by atoms with E-state index in [0.29, 0.717) is 12.0 Å². The molecule has 1 aromatic carbocycles. The Kier molecular flexibility index (Phi) is 4.13. The Hall–Kier alpha value is -1.05. The summed E-state index contributed by atoms with van der Waals surface area (Å²) >= 11 is 3.31. The largest absolute Gasteiger partial charge is 0.496 e. The molecule has 0 aromatic heterocycles. The van der Waals surface area contributed by atoms with Crippen LogP contribution in [0, 0.1) is 11.3 Å². The lowest BCUT2D eigenvalue weighted by atomic mass is 10.0. The summed E-state index contributed by atoms with van der Waals surface area (Å²) in [5.74, 6) is 0.762. The summed E-state index contributed by atoms with van der Waals surface area (Å²) in [6, 6.07) is 5.78. The van der Waals surface area contributed by atoms with Crippen molar-refractivity contribution >= 4 is 15.9 Å². The first-order valence-electron chi connectivity index (χ1n) is 4.60. The lowest BCUT2D eigenvalue weighted by Gasteiger charge is -2.11. The highest BCUT2D eigenvalue weighted by molar-refractivity contribution is 9.10. The van der Waals surface area contributed by atoms with Crippen molar-refractivity contribution in [3.05, 3.63) is 27.7 Å². The maximum Gasteiger partial charge on any atom is 0.123 e. The third-order valence-corrected chi connectivity index (χ3v) is 2.69. The molecular formula is C11H13BrN2O. The zero-order valence-electron chi connectivity index (χ0n) is 8.75. The van der Waals surface area contributed by atoms with E-state index in [9.17, 15) is 0 Å².